The van der Waals surface area contributed by atoms with Crippen molar-refractivity contribution < 1.29 is 13.2 Å². The highest BCUT2D eigenvalue weighted by Crippen LogP contribution is 2.26. The smallest absolute Gasteiger partial charge is 0.237 e. The van der Waals surface area contributed by atoms with Gasteiger partial charge in [-0.15, -0.1) is 12.4 Å². The molecule has 2 heterocycles. The number of rotatable bonds is 4. The summed E-state index contributed by atoms with van der Waals surface area (Å²) < 4.78 is 24.3. The zero-order chi connectivity index (χ0) is 13.3. The molecule has 8 heteroatoms. The van der Waals surface area contributed by atoms with E-state index in [0.717, 1.165) is 30.5 Å². The first-order valence-corrected chi connectivity index (χ1v) is 7.97. The summed E-state index contributed by atoms with van der Waals surface area (Å²) in [5.74, 6) is 1.04. The van der Waals surface area contributed by atoms with Crippen molar-refractivity contribution in [3.63, 3.8) is 0 Å². The van der Waals surface area contributed by atoms with Crippen molar-refractivity contribution in [3.05, 3.63) is 0 Å². The standard InChI is InChI=1S/C11H21N3O3S.ClH/c1-3-18(16,17)13(2)8-11(15)14-6-9-4-12-5-10(9)7-14;/h9-10,12H,3-8H2,1-2H3;1H/t9-,10+;. The van der Waals surface area contributed by atoms with E-state index in [-0.39, 0.29) is 30.6 Å². The average molecular weight is 312 g/mol. The zero-order valence-electron chi connectivity index (χ0n) is 11.3. The molecule has 1 N–H and O–H groups in total. The fraction of sp³-hybridized carbons (Fsp3) is 0.909. The number of hydrogen-bond acceptors (Lipinski definition) is 4. The van der Waals surface area contributed by atoms with Crippen LogP contribution in [0.25, 0.3) is 0 Å². The van der Waals surface area contributed by atoms with Crippen LogP contribution in [0.3, 0.4) is 0 Å². The molecule has 0 aromatic carbocycles. The minimum Gasteiger partial charge on any atom is -0.341 e. The van der Waals surface area contributed by atoms with Gasteiger partial charge in [0.15, 0.2) is 0 Å². The van der Waals surface area contributed by atoms with Gasteiger partial charge in [-0.2, -0.15) is 4.31 Å². The third-order valence-corrected chi connectivity index (χ3v) is 5.75. The third-order valence-electron chi connectivity index (χ3n) is 3.94. The maximum Gasteiger partial charge on any atom is 0.237 e. The summed E-state index contributed by atoms with van der Waals surface area (Å²) in [4.78, 5) is 13.9. The fourth-order valence-corrected chi connectivity index (χ4v) is 3.42. The van der Waals surface area contributed by atoms with Gasteiger partial charge in [-0.25, -0.2) is 8.42 Å². The largest absolute Gasteiger partial charge is 0.341 e. The highest BCUT2D eigenvalue weighted by Gasteiger charge is 2.38. The monoisotopic (exact) mass is 311 g/mol. The molecule has 0 unspecified atom stereocenters. The lowest BCUT2D eigenvalue weighted by atomic mass is 10.0. The molecule has 0 aromatic rings. The number of sulfonamides is 1. The highest BCUT2D eigenvalue weighted by molar-refractivity contribution is 7.89. The number of likely N-dealkylation sites (tertiary alicyclic amines) is 1. The number of hydrogen-bond donors (Lipinski definition) is 1. The number of nitrogens with one attached hydrogen (secondary N) is 1. The fourth-order valence-electron chi connectivity index (χ4n) is 2.67. The Morgan fingerprint density at radius 3 is 2.32 bits per heavy atom. The van der Waals surface area contributed by atoms with Crippen molar-refractivity contribution in [1.29, 1.82) is 0 Å². The van der Waals surface area contributed by atoms with Crippen molar-refractivity contribution >= 4 is 28.3 Å². The van der Waals surface area contributed by atoms with E-state index in [1.165, 1.54) is 7.05 Å². The second-order valence-corrected chi connectivity index (χ2v) is 7.50. The van der Waals surface area contributed by atoms with Crippen LogP contribution in [0.4, 0.5) is 0 Å². The van der Waals surface area contributed by atoms with Crippen molar-refractivity contribution in [2.75, 3.05) is 45.5 Å². The Hall–Kier alpha value is -0.370. The van der Waals surface area contributed by atoms with Gasteiger partial charge in [-0.05, 0) is 18.8 Å². The summed E-state index contributed by atoms with van der Waals surface area (Å²) >= 11 is 0. The number of amides is 1. The first kappa shape index (κ1) is 16.7. The van der Waals surface area contributed by atoms with E-state index in [1.807, 2.05) is 0 Å². The average Bonchev–Trinajstić information content (AvgIpc) is 2.88. The topological polar surface area (TPSA) is 69.7 Å². The summed E-state index contributed by atoms with van der Waals surface area (Å²) in [5.41, 5.74) is 0. The maximum atomic E-state index is 12.0. The van der Waals surface area contributed by atoms with Crippen LogP contribution in [0.2, 0.25) is 0 Å². The number of halogens is 1. The molecule has 2 fully saturated rings. The Labute approximate surface area is 121 Å². The van der Waals surface area contributed by atoms with Crippen LogP contribution < -0.4 is 5.32 Å². The number of carbonyl (C=O) groups is 1. The van der Waals surface area contributed by atoms with Gasteiger partial charge in [-0.3, -0.25) is 4.79 Å². The Balaban J connectivity index is 0.00000180. The summed E-state index contributed by atoms with van der Waals surface area (Å²) in [6.45, 7) is 5.01. The molecule has 0 radical (unpaired) electrons. The summed E-state index contributed by atoms with van der Waals surface area (Å²) in [6.07, 6.45) is 0. The van der Waals surface area contributed by atoms with Gasteiger partial charge in [0.2, 0.25) is 15.9 Å². The zero-order valence-corrected chi connectivity index (χ0v) is 13.0. The molecule has 0 aromatic heterocycles. The van der Waals surface area contributed by atoms with Crippen molar-refractivity contribution in [1.82, 2.24) is 14.5 Å². The molecule has 0 spiro atoms. The summed E-state index contributed by atoms with van der Waals surface area (Å²) in [5, 5.41) is 3.31. The number of carbonyl (C=O) groups excluding carboxylic acids is 1. The van der Waals surface area contributed by atoms with Gasteiger partial charge in [0.05, 0.1) is 12.3 Å². The van der Waals surface area contributed by atoms with E-state index in [2.05, 4.69) is 5.32 Å². The second kappa shape index (κ2) is 6.39. The molecule has 2 aliphatic heterocycles. The molecule has 1 amide bonds. The van der Waals surface area contributed by atoms with E-state index >= 15 is 0 Å². The lowest BCUT2D eigenvalue weighted by Gasteiger charge is -2.21. The molecular formula is C11H22ClN3O3S. The Morgan fingerprint density at radius 1 is 1.32 bits per heavy atom. The molecule has 0 aliphatic carbocycles. The van der Waals surface area contributed by atoms with Crippen LogP contribution >= 0.6 is 12.4 Å². The molecule has 19 heavy (non-hydrogen) atoms. The highest BCUT2D eigenvalue weighted by atomic mass is 35.5. The number of nitrogens with zero attached hydrogens (tertiary/aromatic N) is 2. The van der Waals surface area contributed by atoms with E-state index in [1.54, 1.807) is 11.8 Å². The van der Waals surface area contributed by atoms with Crippen LogP contribution in [-0.4, -0.2) is 69.1 Å². The van der Waals surface area contributed by atoms with Gasteiger partial charge < -0.3 is 10.2 Å². The van der Waals surface area contributed by atoms with Gasteiger partial charge in [0.1, 0.15) is 0 Å². The Bertz CT molecular complexity index is 417. The van der Waals surface area contributed by atoms with Crippen LogP contribution in [0.15, 0.2) is 0 Å². The predicted molar refractivity (Wildman–Crippen MR) is 75.8 cm³/mol. The van der Waals surface area contributed by atoms with E-state index in [0.29, 0.717) is 11.8 Å². The normalized spacial score (nSPS) is 26.4. The molecular weight excluding hydrogens is 290 g/mol. The minimum atomic E-state index is -3.27. The second-order valence-electron chi connectivity index (χ2n) is 5.13. The molecule has 2 aliphatic rings. The molecule has 0 bridgehead atoms. The van der Waals surface area contributed by atoms with E-state index in [4.69, 9.17) is 0 Å². The third kappa shape index (κ3) is 3.59. The van der Waals surface area contributed by atoms with Crippen LogP contribution in [0.5, 0.6) is 0 Å². The first-order chi connectivity index (χ1) is 8.44. The summed E-state index contributed by atoms with van der Waals surface area (Å²) in [6, 6.07) is 0. The quantitative estimate of drug-likeness (QED) is 0.750. The van der Waals surface area contributed by atoms with E-state index < -0.39 is 10.0 Å². The molecule has 112 valence electrons. The Morgan fingerprint density at radius 2 is 1.84 bits per heavy atom. The molecule has 0 saturated carbocycles. The Kier molecular flexibility index (Phi) is 5.61. The van der Waals surface area contributed by atoms with Gasteiger partial charge in [0, 0.05) is 33.2 Å². The van der Waals surface area contributed by atoms with Gasteiger partial charge in [0.25, 0.3) is 0 Å². The van der Waals surface area contributed by atoms with Crippen LogP contribution in [0.1, 0.15) is 6.92 Å². The van der Waals surface area contributed by atoms with E-state index in [9.17, 15) is 13.2 Å². The summed E-state index contributed by atoms with van der Waals surface area (Å²) in [7, 11) is -1.80. The number of likely N-dealkylation sites (N-methyl/N-ethyl adjacent to an activating group) is 1. The predicted octanol–water partition coefficient (Wildman–Crippen LogP) is -0.632. The molecule has 2 rings (SSSR count). The van der Waals surface area contributed by atoms with Crippen molar-refractivity contribution in [3.8, 4) is 0 Å². The maximum absolute atomic E-state index is 12.0. The first-order valence-electron chi connectivity index (χ1n) is 6.36. The SMILES string of the molecule is CCS(=O)(=O)N(C)CC(=O)N1C[C@H]2CNC[C@H]2C1.Cl. The van der Waals surface area contributed by atoms with Crippen molar-refractivity contribution in [2.24, 2.45) is 11.8 Å². The van der Waals surface area contributed by atoms with Crippen molar-refractivity contribution in [2.45, 2.75) is 6.92 Å². The van der Waals surface area contributed by atoms with Crippen LogP contribution in [-0.2, 0) is 14.8 Å². The molecule has 6 nitrogen and oxygen atoms in total. The molecule has 2 atom stereocenters. The van der Waals surface area contributed by atoms with Crippen LogP contribution in [0, 0.1) is 11.8 Å². The lowest BCUT2D eigenvalue weighted by molar-refractivity contribution is -0.130. The van der Waals surface area contributed by atoms with Gasteiger partial charge in [-0.1, -0.05) is 0 Å². The lowest BCUT2D eigenvalue weighted by Crippen LogP contribution is -2.41. The molecule has 2 saturated heterocycles. The minimum absolute atomic E-state index is 0. The number of fused-ring (bicyclic) bond motifs is 1. The van der Waals surface area contributed by atoms with Gasteiger partial charge >= 0.3 is 0 Å².